The fourth-order valence-corrected chi connectivity index (χ4v) is 2.04. The molecule has 16 heavy (non-hydrogen) atoms. The van der Waals surface area contributed by atoms with Crippen LogP contribution in [0.15, 0.2) is 22.7 Å². The smallest absolute Gasteiger partial charge is 0.227 e. The van der Waals surface area contributed by atoms with Crippen LogP contribution in [0.5, 0.6) is 0 Å². The van der Waals surface area contributed by atoms with Crippen molar-refractivity contribution in [3.8, 4) is 0 Å². The van der Waals surface area contributed by atoms with Gasteiger partial charge in [-0.05, 0) is 31.0 Å². The van der Waals surface area contributed by atoms with Crippen LogP contribution < -0.4 is 4.90 Å². The third-order valence-corrected chi connectivity index (χ3v) is 3.39. The number of hydrogen-bond donors (Lipinski definition) is 0. The summed E-state index contributed by atoms with van der Waals surface area (Å²) in [4.78, 5) is 13.3. The maximum Gasteiger partial charge on any atom is 0.227 e. The maximum absolute atomic E-state index is 11.5. The normalized spacial score (nSPS) is 14.8. The second kappa shape index (κ2) is 6.04. The van der Waals surface area contributed by atoms with Crippen LogP contribution in [-0.2, 0) is 4.79 Å². The Morgan fingerprint density at radius 3 is 2.50 bits per heavy atom. The molecule has 1 saturated heterocycles. The predicted molar refractivity (Wildman–Crippen MR) is 71.8 cm³/mol. The zero-order chi connectivity index (χ0) is 12.1. The molecule has 88 valence electrons. The van der Waals surface area contributed by atoms with E-state index in [1.165, 1.54) is 5.56 Å². The van der Waals surface area contributed by atoms with E-state index in [0.717, 1.165) is 23.1 Å². The molecule has 0 atom stereocenters. The Kier molecular flexibility index (Phi) is 5.00. The molecular weight excluding hydrogens is 266 g/mol. The molecule has 0 aliphatic carbocycles. The van der Waals surface area contributed by atoms with Gasteiger partial charge in [0.2, 0.25) is 5.91 Å². The molecule has 1 aliphatic rings. The zero-order valence-corrected chi connectivity index (χ0v) is 11.7. The van der Waals surface area contributed by atoms with Crippen molar-refractivity contribution < 1.29 is 4.79 Å². The fraction of sp³-hybridized carbons (Fsp3) is 0.462. The van der Waals surface area contributed by atoms with E-state index in [-0.39, 0.29) is 5.91 Å². The Balaban J connectivity index is 0.000000606. The van der Waals surface area contributed by atoms with Gasteiger partial charge in [-0.1, -0.05) is 35.8 Å². The second-order valence-corrected chi connectivity index (χ2v) is 4.44. The number of benzene rings is 1. The van der Waals surface area contributed by atoms with Gasteiger partial charge in [0.05, 0.1) is 0 Å². The van der Waals surface area contributed by atoms with E-state index in [2.05, 4.69) is 15.9 Å². The molecule has 2 rings (SSSR count). The van der Waals surface area contributed by atoms with Gasteiger partial charge in [-0.2, -0.15) is 0 Å². The van der Waals surface area contributed by atoms with Crippen LogP contribution in [-0.4, -0.2) is 12.5 Å². The molecule has 0 saturated carbocycles. The first-order valence-electron chi connectivity index (χ1n) is 5.75. The number of anilines is 1. The lowest BCUT2D eigenvalue weighted by Gasteiger charge is -2.16. The van der Waals surface area contributed by atoms with Crippen molar-refractivity contribution in [3.05, 3.63) is 28.2 Å². The summed E-state index contributed by atoms with van der Waals surface area (Å²) in [6.45, 7) is 6.90. The van der Waals surface area contributed by atoms with Crippen LogP contribution in [0, 0.1) is 6.92 Å². The van der Waals surface area contributed by atoms with Gasteiger partial charge in [0.1, 0.15) is 0 Å². The minimum atomic E-state index is 0.237. The standard InChI is InChI=1S/C11H12BrNO.C2H6/c1-8-4-5-9(7-10(8)12)13-6-2-3-11(13)14;1-2/h4-5,7H,2-3,6H2,1H3;1-2H3. The van der Waals surface area contributed by atoms with Crippen molar-refractivity contribution in [2.75, 3.05) is 11.4 Å². The van der Waals surface area contributed by atoms with Crippen LogP contribution in [0.3, 0.4) is 0 Å². The molecule has 3 heteroatoms. The van der Waals surface area contributed by atoms with E-state index < -0.39 is 0 Å². The lowest BCUT2D eigenvalue weighted by Crippen LogP contribution is -2.23. The average Bonchev–Trinajstić information content (AvgIpc) is 2.72. The zero-order valence-electron chi connectivity index (χ0n) is 10.1. The van der Waals surface area contributed by atoms with Crippen molar-refractivity contribution >= 4 is 27.5 Å². The molecule has 2 nitrogen and oxygen atoms in total. The molecule has 1 aromatic rings. The second-order valence-electron chi connectivity index (χ2n) is 3.58. The van der Waals surface area contributed by atoms with E-state index in [1.807, 2.05) is 43.9 Å². The maximum atomic E-state index is 11.5. The third-order valence-electron chi connectivity index (χ3n) is 2.54. The monoisotopic (exact) mass is 283 g/mol. The molecule has 0 radical (unpaired) electrons. The highest BCUT2D eigenvalue weighted by Crippen LogP contribution is 2.26. The van der Waals surface area contributed by atoms with E-state index in [0.29, 0.717) is 6.42 Å². The van der Waals surface area contributed by atoms with Crippen LogP contribution in [0.25, 0.3) is 0 Å². The first-order chi connectivity index (χ1) is 7.68. The Labute approximate surface area is 106 Å². The molecule has 0 spiro atoms. The van der Waals surface area contributed by atoms with Crippen molar-refractivity contribution in [2.45, 2.75) is 33.6 Å². The van der Waals surface area contributed by atoms with Crippen molar-refractivity contribution in [2.24, 2.45) is 0 Å². The highest BCUT2D eigenvalue weighted by molar-refractivity contribution is 9.10. The van der Waals surface area contributed by atoms with Gasteiger partial charge in [-0.3, -0.25) is 4.79 Å². The first kappa shape index (κ1) is 13.2. The lowest BCUT2D eigenvalue weighted by atomic mass is 10.2. The summed E-state index contributed by atoms with van der Waals surface area (Å²) in [5.41, 5.74) is 2.20. The van der Waals surface area contributed by atoms with Crippen LogP contribution >= 0.6 is 15.9 Å². The number of carbonyl (C=O) groups is 1. The summed E-state index contributed by atoms with van der Waals surface area (Å²) in [7, 11) is 0. The molecule has 0 aromatic heterocycles. The van der Waals surface area contributed by atoms with Gasteiger partial charge in [0.25, 0.3) is 0 Å². The molecule has 1 heterocycles. The molecule has 0 bridgehead atoms. The van der Waals surface area contributed by atoms with Crippen molar-refractivity contribution in [1.29, 1.82) is 0 Å². The Hall–Kier alpha value is -0.830. The van der Waals surface area contributed by atoms with Crippen molar-refractivity contribution in [3.63, 3.8) is 0 Å². The Morgan fingerprint density at radius 2 is 2.00 bits per heavy atom. The van der Waals surface area contributed by atoms with E-state index in [1.54, 1.807) is 0 Å². The topological polar surface area (TPSA) is 20.3 Å². The molecule has 0 N–H and O–H groups in total. The van der Waals surface area contributed by atoms with Gasteiger partial charge in [0, 0.05) is 23.1 Å². The van der Waals surface area contributed by atoms with E-state index >= 15 is 0 Å². The largest absolute Gasteiger partial charge is 0.312 e. The average molecular weight is 284 g/mol. The molecular formula is C13H18BrNO. The molecule has 0 unspecified atom stereocenters. The summed E-state index contributed by atoms with van der Waals surface area (Å²) >= 11 is 3.48. The predicted octanol–water partition coefficient (Wildman–Crippen LogP) is 3.91. The summed E-state index contributed by atoms with van der Waals surface area (Å²) in [5, 5.41) is 0. The van der Waals surface area contributed by atoms with Gasteiger partial charge in [0.15, 0.2) is 0 Å². The highest BCUT2D eigenvalue weighted by atomic mass is 79.9. The molecule has 1 fully saturated rings. The number of rotatable bonds is 1. The lowest BCUT2D eigenvalue weighted by molar-refractivity contribution is -0.117. The number of nitrogens with zero attached hydrogens (tertiary/aromatic N) is 1. The van der Waals surface area contributed by atoms with Gasteiger partial charge in [-0.25, -0.2) is 0 Å². The Bertz CT molecular complexity index is 376. The summed E-state index contributed by atoms with van der Waals surface area (Å²) in [6, 6.07) is 6.05. The SMILES string of the molecule is CC.Cc1ccc(N2CCCC2=O)cc1Br. The molecule has 1 aromatic carbocycles. The number of carbonyl (C=O) groups excluding carboxylic acids is 1. The fourth-order valence-electron chi connectivity index (χ4n) is 1.67. The highest BCUT2D eigenvalue weighted by Gasteiger charge is 2.21. The van der Waals surface area contributed by atoms with E-state index in [9.17, 15) is 4.79 Å². The number of hydrogen-bond acceptors (Lipinski definition) is 1. The Morgan fingerprint density at radius 1 is 1.31 bits per heavy atom. The van der Waals surface area contributed by atoms with Crippen molar-refractivity contribution in [1.82, 2.24) is 0 Å². The third kappa shape index (κ3) is 2.85. The minimum absolute atomic E-state index is 0.237. The molecule has 1 amide bonds. The van der Waals surface area contributed by atoms with E-state index in [4.69, 9.17) is 0 Å². The van der Waals surface area contributed by atoms with Gasteiger partial charge >= 0.3 is 0 Å². The van der Waals surface area contributed by atoms with Crippen LogP contribution in [0.1, 0.15) is 32.3 Å². The summed E-state index contributed by atoms with van der Waals surface area (Å²) in [6.07, 6.45) is 1.66. The number of aryl methyl sites for hydroxylation is 1. The molecule has 1 aliphatic heterocycles. The van der Waals surface area contributed by atoms with Crippen LogP contribution in [0.4, 0.5) is 5.69 Å². The van der Waals surface area contributed by atoms with Gasteiger partial charge < -0.3 is 4.90 Å². The first-order valence-corrected chi connectivity index (χ1v) is 6.54. The summed E-state index contributed by atoms with van der Waals surface area (Å²) in [5.74, 6) is 0.237. The summed E-state index contributed by atoms with van der Waals surface area (Å²) < 4.78 is 1.06. The quantitative estimate of drug-likeness (QED) is 0.765. The minimum Gasteiger partial charge on any atom is -0.312 e. The number of halogens is 1. The van der Waals surface area contributed by atoms with Crippen LogP contribution in [0.2, 0.25) is 0 Å². The number of amides is 1. The van der Waals surface area contributed by atoms with Gasteiger partial charge in [-0.15, -0.1) is 0 Å².